The van der Waals surface area contributed by atoms with Gasteiger partial charge in [0.05, 0.1) is 11.6 Å². The molecule has 0 bridgehead atoms. The Morgan fingerprint density at radius 3 is 2.35 bits per heavy atom. The maximum atomic E-state index is 12.2. The molecule has 1 fully saturated rings. The first-order valence-electron chi connectivity index (χ1n) is 8.91. The topological polar surface area (TPSA) is 44.8 Å². The van der Waals surface area contributed by atoms with E-state index in [2.05, 4.69) is 22.0 Å². The number of likely N-dealkylation sites (N-methyl/N-ethyl adjacent to an activating group) is 1. The molecular weight excluding hydrogens is 350 g/mol. The first-order chi connectivity index (χ1) is 12.6. The van der Waals surface area contributed by atoms with Crippen LogP contribution >= 0.6 is 11.6 Å². The lowest BCUT2D eigenvalue weighted by atomic mass is 10.3. The van der Waals surface area contributed by atoms with Crippen molar-refractivity contribution in [2.75, 3.05) is 44.6 Å². The number of nitrogens with zero attached hydrogens (tertiary/aromatic N) is 2. The van der Waals surface area contributed by atoms with E-state index >= 15 is 0 Å². The third-order valence-corrected chi connectivity index (χ3v) is 4.79. The van der Waals surface area contributed by atoms with Gasteiger partial charge in [0.1, 0.15) is 11.5 Å². The van der Waals surface area contributed by atoms with Gasteiger partial charge in [-0.05, 0) is 42.9 Å². The fraction of sp³-hybridized carbons (Fsp3) is 0.350. The predicted octanol–water partition coefficient (Wildman–Crippen LogP) is 3.71. The molecule has 0 unspecified atom stereocenters. The summed E-state index contributed by atoms with van der Waals surface area (Å²) in [7, 11) is 0. The molecule has 0 radical (unpaired) electrons. The Hall–Kier alpha value is -2.08. The highest BCUT2D eigenvalue weighted by molar-refractivity contribution is 6.32. The molecule has 138 valence electrons. The van der Waals surface area contributed by atoms with Gasteiger partial charge in [0.2, 0.25) is 5.91 Å². The molecule has 3 rings (SSSR count). The second-order valence-corrected chi connectivity index (χ2v) is 6.72. The van der Waals surface area contributed by atoms with Gasteiger partial charge in [-0.2, -0.15) is 0 Å². The number of benzene rings is 2. The fourth-order valence-corrected chi connectivity index (χ4v) is 3.10. The molecule has 2 aromatic rings. The highest BCUT2D eigenvalue weighted by atomic mass is 35.5. The number of carbonyl (C=O) groups excluding carboxylic acids is 1. The number of ether oxygens (including phenoxy) is 1. The van der Waals surface area contributed by atoms with Crippen LogP contribution in [0.2, 0.25) is 5.02 Å². The molecule has 0 aliphatic carbocycles. The van der Waals surface area contributed by atoms with Gasteiger partial charge in [-0.15, -0.1) is 0 Å². The highest BCUT2D eigenvalue weighted by Crippen LogP contribution is 2.29. The van der Waals surface area contributed by atoms with Gasteiger partial charge in [-0.25, -0.2) is 0 Å². The van der Waals surface area contributed by atoms with Gasteiger partial charge < -0.3 is 15.0 Å². The molecule has 1 N–H and O–H groups in total. The van der Waals surface area contributed by atoms with Crippen molar-refractivity contribution in [1.82, 2.24) is 9.80 Å². The van der Waals surface area contributed by atoms with Crippen molar-refractivity contribution >= 4 is 23.2 Å². The fourth-order valence-electron chi connectivity index (χ4n) is 2.93. The summed E-state index contributed by atoms with van der Waals surface area (Å²) in [6, 6.07) is 14.6. The standard InChI is InChI=1S/C20H24ClN3O2/c1-2-23-11-13-24(14-12-23)15-20(25)22-16-7-9-17(10-8-16)26-19-6-4-3-5-18(19)21/h3-10H,2,11-15H2,1H3,(H,22,25). The van der Waals surface area contributed by atoms with Crippen LogP contribution in [0.1, 0.15) is 6.92 Å². The van der Waals surface area contributed by atoms with Gasteiger partial charge in [-0.1, -0.05) is 30.7 Å². The molecule has 1 amide bonds. The molecule has 0 aromatic heterocycles. The van der Waals surface area contributed by atoms with Crippen molar-refractivity contribution < 1.29 is 9.53 Å². The average Bonchev–Trinajstić information content (AvgIpc) is 2.66. The van der Waals surface area contributed by atoms with Gasteiger partial charge in [0, 0.05) is 31.9 Å². The maximum absolute atomic E-state index is 12.2. The number of hydrogen-bond acceptors (Lipinski definition) is 4. The van der Waals surface area contributed by atoms with Gasteiger partial charge >= 0.3 is 0 Å². The summed E-state index contributed by atoms with van der Waals surface area (Å²) in [5.74, 6) is 1.29. The summed E-state index contributed by atoms with van der Waals surface area (Å²) in [4.78, 5) is 16.8. The van der Waals surface area contributed by atoms with Crippen LogP contribution in [0.15, 0.2) is 48.5 Å². The van der Waals surface area contributed by atoms with E-state index < -0.39 is 0 Å². The van der Waals surface area contributed by atoms with Crippen LogP contribution in [0.5, 0.6) is 11.5 Å². The minimum atomic E-state index is 0.00900. The normalized spacial score (nSPS) is 15.6. The molecule has 0 saturated carbocycles. The third-order valence-electron chi connectivity index (χ3n) is 4.48. The molecule has 6 heteroatoms. The zero-order chi connectivity index (χ0) is 18.4. The Morgan fingerprint density at radius 1 is 1.04 bits per heavy atom. The largest absolute Gasteiger partial charge is 0.456 e. The monoisotopic (exact) mass is 373 g/mol. The van der Waals surface area contributed by atoms with Crippen LogP contribution in [0.4, 0.5) is 5.69 Å². The van der Waals surface area contributed by atoms with Gasteiger partial charge in [0.25, 0.3) is 0 Å². The number of anilines is 1. The Bertz CT molecular complexity index is 728. The molecule has 1 heterocycles. The van der Waals surface area contributed by atoms with Crippen molar-refractivity contribution in [2.24, 2.45) is 0 Å². The molecule has 2 aromatic carbocycles. The van der Waals surface area contributed by atoms with E-state index in [-0.39, 0.29) is 5.91 Å². The van der Waals surface area contributed by atoms with Crippen LogP contribution in [-0.4, -0.2) is 55.0 Å². The lowest BCUT2D eigenvalue weighted by molar-refractivity contribution is -0.117. The lowest BCUT2D eigenvalue weighted by Crippen LogP contribution is -2.48. The van der Waals surface area contributed by atoms with E-state index in [1.807, 2.05) is 42.5 Å². The minimum Gasteiger partial charge on any atom is -0.456 e. The second kappa shape index (κ2) is 9.03. The van der Waals surface area contributed by atoms with Crippen LogP contribution < -0.4 is 10.1 Å². The van der Waals surface area contributed by atoms with E-state index in [0.29, 0.717) is 23.1 Å². The predicted molar refractivity (Wildman–Crippen MR) is 105 cm³/mol. The van der Waals surface area contributed by atoms with Crippen molar-refractivity contribution in [2.45, 2.75) is 6.92 Å². The van der Waals surface area contributed by atoms with Crippen LogP contribution in [0, 0.1) is 0 Å². The lowest BCUT2D eigenvalue weighted by Gasteiger charge is -2.33. The smallest absolute Gasteiger partial charge is 0.238 e. The van der Waals surface area contributed by atoms with Crippen molar-refractivity contribution in [3.05, 3.63) is 53.6 Å². The Morgan fingerprint density at radius 2 is 1.69 bits per heavy atom. The SMILES string of the molecule is CCN1CCN(CC(=O)Nc2ccc(Oc3ccccc3Cl)cc2)CC1. The number of amides is 1. The molecule has 5 nitrogen and oxygen atoms in total. The van der Waals surface area contributed by atoms with E-state index in [9.17, 15) is 4.79 Å². The molecule has 0 atom stereocenters. The number of rotatable bonds is 6. The first kappa shape index (κ1) is 18.7. The van der Waals surface area contributed by atoms with E-state index in [0.717, 1.165) is 38.4 Å². The van der Waals surface area contributed by atoms with E-state index in [4.69, 9.17) is 16.3 Å². The number of para-hydroxylation sites is 1. The summed E-state index contributed by atoms with van der Waals surface area (Å²) in [6.45, 7) is 7.59. The van der Waals surface area contributed by atoms with Crippen LogP contribution in [0.25, 0.3) is 0 Å². The number of halogens is 1. The molecule has 1 aliphatic heterocycles. The second-order valence-electron chi connectivity index (χ2n) is 6.32. The summed E-state index contributed by atoms with van der Waals surface area (Å²) >= 11 is 6.10. The number of hydrogen-bond donors (Lipinski definition) is 1. The Labute approximate surface area is 159 Å². The number of piperazine rings is 1. The zero-order valence-corrected chi connectivity index (χ0v) is 15.7. The summed E-state index contributed by atoms with van der Waals surface area (Å²) in [5, 5.41) is 3.50. The molecule has 26 heavy (non-hydrogen) atoms. The number of nitrogens with one attached hydrogen (secondary N) is 1. The van der Waals surface area contributed by atoms with E-state index in [1.165, 1.54) is 0 Å². The third kappa shape index (κ3) is 5.21. The maximum Gasteiger partial charge on any atom is 0.238 e. The summed E-state index contributed by atoms with van der Waals surface area (Å²) in [6.07, 6.45) is 0. The minimum absolute atomic E-state index is 0.00900. The van der Waals surface area contributed by atoms with Crippen molar-refractivity contribution in [1.29, 1.82) is 0 Å². The quantitative estimate of drug-likeness (QED) is 0.838. The number of carbonyl (C=O) groups is 1. The van der Waals surface area contributed by atoms with Crippen molar-refractivity contribution in [3.63, 3.8) is 0 Å². The summed E-state index contributed by atoms with van der Waals surface area (Å²) < 4.78 is 5.75. The van der Waals surface area contributed by atoms with Crippen molar-refractivity contribution in [3.8, 4) is 11.5 Å². The zero-order valence-electron chi connectivity index (χ0n) is 15.0. The van der Waals surface area contributed by atoms with Crippen LogP contribution in [0.3, 0.4) is 0 Å². The first-order valence-corrected chi connectivity index (χ1v) is 9.29. The summed E-state index contributed by atoms with van der Waals surface area (Å²) in [5.41, 5.74) is 0.758. The van der Waals surface area contributed by atoms with Gasteiger partial charge in [0.15, 0.2) is 0 Å². The van der Waals surface area contributed by atoms with Gasteiger partial charge in [-0.3, -0.25) is 9.69 Å². The van der Waals surface area contributed by atoms with Crippen LogP contribution in [-0.2, 0) is 4.79 Å². The Kier molecular flexibility index (Phi) is 6.50. The Balaban J connectivity index is 1.49. The molecule has 0 spiro atoms. The highest BCUT2D eigenvalue weighted by Gasteiger charge is 2.17. The molecular formula is C20H24ClN3O2. The molecule has 1 aliphatic rings. The van der Waals surface area contributed by atoms with E-state index in [1.54, 1.807) is 6.07 Å². The molecule has 1 saturated heterocycles. The average molecular weight is 374 g/mol.